The van der Waals surface area contributed by atoms with E-state index in [1.165, 1.54) is 4.90 Å². The maximum atomic E-state index is 12.3. The van der Waals surface area contributed by atoms with Crippen molar-refractivity contribution in [3.05, 3.63) is 40.4 Å². The number of carbonyl (C=O) groups excluding carboxylic acids is 2. The lowest BCUT2D eigenvalue weighted by Crippen LogP contribution is -2.35. The number of hydrogen-bond acceptors (Lipinski definition) is 3. The summed E-state index contributed by atoms with van der Waals surface area (Å²) in [6.07, 6.45) is 2.83. The van der Waals surface area contributed by atoms with Crippen LogP contribution in [-0.2, 0) is 9.59 Å². The Morgan fingerprint density at radius 2 is 1.86 bits per heavy atom. The van der Waals surface area contributed by atoms with Gasteiger partial charge in [-0.15, -0.1) is 0 Å². The highest BCUT2D eigenvalue weighted by molar-refractivity contribution is 6.33. The minimum atomic E-state index is -0.317. The summed E-state index contributed by atoms with van der Waals surface area (Å²) in [7, 11) is 0. The van der Waals surface area contributed by atoms with Gasteiger partial charge in [-0.05, 0) is 25.0 Å². The number of fused-ring (bicyclic) bond motifs is 1. The second kappa shape index (κ2) is 5.70. The highest BCUT2D eigenvalue weighted by Gasteiger charge is 2.48. The number of anilines is 1. The number of halogens is 2. The highest BCUT2D eigenvalue weighted by Crippen LogP contribution is 2.38. The molecule has 3 rings (SSSR count). The van der Waals surface area contributed by atoms with E-state index in [4.69, 9.17) is 23.2 Å². The molecule has 0 bridgehead atoms. The molecule has 110 valence electrons. The molecule has 0 saturated carbocycles. The van der Waals surface area contributed by atoms with Crippen molar-refractivity contribution in [3.63, 3.8) is 0 Å². The Morgan fingerprint density at radius 3 is 2.62 bits per heavy atom. The summed E-state index contributed by atoms with van der Waals surface area (Å²) in [5.41, 5.74) is 0.700. The number of hydrogen-bond donors (Lipinski definition) is 1. The average molecular weight is 325 g/mol. The lowest BCUT2D eigenvalue weighted by atomic mass is 9.85. The second-order valence-corrected chi connectivity index (χ2v) is 6.12. The van der Waals surface area contributed by atoms with Crippen molar-refractivity contribution >= 4 is 40.7 Å². The Labute approximate surface area is 132 Å². The predicted octanol–water partition coefficient (Wildman–Crippen LogP) is 3.23. The Kier molecular flexibility index (Phi) is 3.91. The maximum Gasteiger partial charge on any atom is 0.234 e. The van der Waals surface area contributed by atoms with E-state index >= 15 is 0 Å². The molecule has 1 aliphatic heterocycles. The van der Waals surface area contributed by atoms with E-state index in [1.807, 2.05) is 18.2 Å². The van der Waals surface area contributed by atoms with Gasteiger partial charge in [0.1, 0.15) is 0 Å². The molecule has 2 atom stereocenters. The number of imide groups is 1. The van der Waals surface area contributed by atoms with E-state index in [2.05, 4.69) is 5.32 Å². The van der Waals surface area contributed by atoms with Gasteiger partial charge in [0, 0.05) is 5.03 Å². The molecule has 4 nitrogen and oxygen atoms in total. The molecule has 1 N–H and O–H groups in total. The standard InChI is InChI=1S/C15H14Cl2N2O2/c16-9-5-6-10-11(7-9)15(21)19(14(10)20)8-18-13-4-2-1-3-12(13)17/h1-5,10-11,18H,6-8H2/t10-,11-/m0/s1. The van der Waals surface area contributed by atoms with Crippen molar-refractivity contribution in [1.82, 2.24) is 4.90 Å². The van der Waals surface area contributed by atoms with Gasteiger partial charge in [-0.3, -0.25) is 14.5 Å². The van der Waals surface area contributed by atoms with Crippen molar-refractivity contribution in [2.75, 3.05) is 12.0 Å². The van der Waals surface area contributed by atoms with Crippen LogP contribution in [0.25, 0.3) is 0 Å². The van der Waals surface area contributed by atoms with E-state index in [1.54, 1.807) is 12.1 Å². The van der Waals surface area contributed by atoms with Crippen LogP contribution in [0, 0.1) is 11.8 Å². The normalized spacial score (nSPS) is 24.9. The van der Waals surface area contributed by atoms with Gasteiger partial charge in [-0.1, -0.05) is 41.4 Å². The van der Waals surface area contributed by atoms with Crippen molar-refractivity contribution in [3.8, 4) is 0 Å². The number of allylic oxidation sites excluding steroid dienone is 2. The highest BCUT2D eigenvalue weighted by atomic mass is 35.5. The maximum absolute atomic E-state index is 12.3. The van der Waals surface area contributed by atoms with Gasteiger partial charge in [-0.2, -0.15) is 0 Å². The zero-order valence-corrected chi connectivity index (χ0v) is 12.7. The van der Waals surface area contributed by atoms with E-state index in [0.29, 0.717) is 28.6 Å². The number of carbonyl (C=O) groups is 2. The Hall–Kier alpha value is -1.52. The summed E-state index contributed by atoms with van der Waals surface area (Å²) in [6.45, 7) is 0.131. The lowest BCUT2D eigenvalue weighted by Gasteiger charge is -2.17. The molecule has 6 heteroatoms. The van der Waals surface area contributed by atoms with Crippen LogP contribution in [0.1, 0.15) is 12.8 Å². The smallest absolute Gasteiger partial charge is 0.234 e. The van der Waals surface area contributed by atoms with E-state index < -0.39 is 0 Å². The van der Waals surface area contributed by atoms with Crippen LogP contribution in [0.4, 0.5) is 5.69 Å². The predicted molar refractivity (Wildman–Crippen MR) is 81.9 cm³/mol. The number of benzene rings is 1. The Balaban J connectivity index is 1.71. The fourth-order valence-electron chi connectivity index (χ4n) is 2.82. The molecule has 1 aromatic rings. The molecule has 0 radical (unpaired) electrons. The van der Waals surface area contributed by atoms with Crippen LogP contribution in [0.2, 0.25) is 5.02 Å². The zero-order valence-electron chi connectivity index (χ0n) is 11.2. The van der Waals surface area contributed by atoms with Crippen molar-refractivity contribution in [1.29, 1.82) is 0 Å². The summed E-state index contributed by atoms with van der Waals surface area (Å²) in [5, 5.41) is 4.26. The van der Waals surface area contributed by atoms with Crippen LogP contribution >= 0.6 is 23.2 Å². The molecule has 0 spiro atoms. The molecule has 0 aromatic heterocycles. The van der Waals surface area contributed by atoms with E-state index in [-0.39, 0.29) is 30.3 Å². The Morgan fingerprint density at radius 1 is 1.14 bits per heavy atom. The molecule has 1 heterocycles. The summed E-state index contributed by atoms with van der Waals surface area (Å²) >= 11 is 12.0. The molecular weight excluding hydrogens is 311 g/mol. The SMILES string of the molecule is O=C1[C@H]2CC=C(Cl)C[C@@H]2C(=O)N1CNc1ccccc1Cl. The number of nitrogens with one attached hydrogen (secondary N) is 1. The molecular formula is C15H14Cl2N2O2. The quantitative estimate of drug-likeness (QED) is 0.868. The van der Waals surface area contributed by atoms with Gasteiger partial charge in [0.25, 0.3) is 0 Å². The van der Waals surface area contributed by atoms with Crippen molar-refractivity contribution in [2.24, 2.45) is 11.8 Å². The fraction of sp³-hybridized carbons (Fsp3) is 0.333. The lowest BCUT2D eigenvalue weighted by molar-refractivity contribution is -0.139. The van der Waals surface area contributed by atoms with Gasteiger partial charge in [0.15, 0.2) is 0 Å². The van der Waals surface area contributed by atoms with Crippen LogP contribution in [0.3, 0.4) is 0 Å². The molecule has 1 aromatic carbocycles. The summed E-state index contributed by atoms with van der Waals surface area (Å²) in [6, 6.07) is 7.22. The van der Waals surface area contributed by atoms with E-state index in [9.17, 15) is 9.59 Å². The minimum Gasteiger partial charge on any atom is -0.366 e. The topological polar surface area (TPSA) is 49.4 Å². The molecule has 21 heavy (non-hydrogen) atoms. The molecule has 2 aliphatic rings. The molecule has 1 fully saturated rings. The van der Waals surface area contributed by atoms with Gasteiger partial charge < -0.3 is 5.32 Å². The van der Waals surface area contributed by atoms with Gasteiger partial charge in [-0.25, -0.2) is 0 Å². The third kappa shape index (κ3) is 2.65. The largest absolute Gasteiger partial charge is 0.366 e. The van der Waals surface area contributed by atoms with Crippen molar-refractivity contribution < 1.29 is 9.59 Å². The van der Waals surface area contributed by atoms with Crippen LogP contribution < -0.4 is 5.32 Å². The first-order chi connectivity index (χ1) is 10.1. The second-order valence-electron chi connectivity index (χ2n) is 5.22. The van der Waals surface area contributed by atoms with Crippen molar-refractivity contribution in [2.45, 2.75) is 12.8 Å². The number of nitrogens with zero attached hydrogens (tertiary/aromatic N) is 1. The van der Waals surface area contributed by atoms with Crippen LogP contribution in [-0.4, -0.2) is 23.4 Å². The summed E-state index contributed by atoms with van der Waals surface area (Å²) in [4.78, 5) is 25.9. The molecule has 1 saturated heterocycles. The average Bonchev–Trinajstić information content (AvgIpc) is 2.70. The molecule has 2 amide bonds. The van der Waals surface area contributed by atoms with Crippen LogP contribution in [0.15, 0.2) is 35.4 Å². The van der Waals surface area contributed by atoms with Gasteiger partial charge >= 0.3 is 0 Å². The first kappa shape index (κ1) is 14.4. The zero-order chi connectivity index (χ0) is 15.0. The molecule has 0 unspecified atom stereocenters. The fourth-order valence-corrected chi connectivity index (χ4v) is 3.28. The first-order valence-electron chi connectivity index (χ1n) is 6.76. The van der Waals surface area contributed by atoms with Gasteiger partial charge in [0.05, 0.1) is 29.2 Å². The third-order valence-electron chi connectivity index (χ3n) is 3.96. The van der Waals surface area contributed by atoms with E-state index in [0.717, 1.165) is 0 Å². The number of rotatable bonds is 3. The molecule has 1 aliphatic carbocycles. The number of amides is 2. The summed E-state index contributed by atoms with van der Waals surface area (Å²) in [5.74, 6) is -0.878. The number of para-hydroxylation sites is 1. The minimum absolute atomic E-state index is 0.131. The summed E-state index contributed by atoms with van der Waals surface area (Å²) < 4.78 is 0. The number of likely N-dealkylation sites (tertiary alicyclic amines) is 1. The Bertz CT molecular complexity index is 630. The van der Waals surface area contributed by atoms with Crippen LogP contribution in [0.5, 0.6) is 0 Å². The van der Waals surface area contributed by atoms with Gasteiger partial charge in [0.2, 0.25) is 11.8 Å². The monoisotopic (exact) mass is 324 g/mol. The third-order valence-corrected chi connectivity index (χ3v) is 4.60. The first-order valence-corrected chi connectivity index (χ1v) is 7.51.